The van der Waals surface area contributed by atoms with Gasteiger partial charge in [0.15, 0.2) is 0 Å². The molecule has 0 radical (unpaired) electrons. The summed E-state index contributed by atoms with van der Waals surface area (Å²) in [5.41, 5.74) is 0. The van der Waals surface area contributed by atoms with Crippen LogP contribution in [0.25, 0.3) is 0 Å². The summed E-state index contributed by atoms with van der Waals surface area (Å²) in [6.45, 7) is 8.33. The lowest BCUT2D eigenvalue weighted by Gasteiger charge is -2.38. The van der Waals surface area contributed by atoms with Gasteiger partial charge in [0.1, 0.15) is 10.7 Å². The summed E-state index contributed by atoms with van der Waals surface area (Å²) in [5.74, 6) is 0.130. The van der Waals surface area contributed by atoms with Crippen molar-refractivity contribution in [2.75, 3.05) is 32.7 Å². The van der Waals surface area contributed by atoms with Crippen LogP contribution in [0.15, 0.2) is 29.2 Å². The Balaban J connectivity index is 1.57. The van der Waals surface area contributed by atoms with Gasteiger partial charge in [-0.1, -0.05) is 19.1 Å². The van der Waals surface area contributed by atoms with Gasteiger partial charge in [0, 0.05) is 19.6 Å². The second kappa shape index (κ2) is 9.53. The van der Waals surface area contributed by atoms with Crippen LogP contribution in [0.4, 0.5) is 4.39 Å². The maximum atomic E-state index is 13.9. The van der Waals surface area contributed by atoms with Crippen LogP contribution in [0.5, 0.6) is 0 Å². The third-order valence-electron chi connectivity index (χ3n) is 6.05. The van der Waals surface area contributed by atoms with Crippen molar-refractivity contribution >= 4 is 15.9 Å². The summed E-state index contributed by atoms with van der Waals surface area (Å²) < 4.78 is 41.2. The predicted molar refractivity (Wildman–Crippen MR) is 110 cm³/mol. The van der Waals surface area contributed by atoms with E-state index in [0.717, 1.165) is 44.5 Å². The SMILES string of the molecule is CC1CCN(CC2CCCN(C(=O)[C@H](C)NS(=O)(=O)c3ccccc3F)C2)CC1. The van der Waals surface area contributed by atoms with E-state index < -0.39 is 26.8 Å². The van der Waals surface area contributed by atoms with Crippen LogP contribution in [-0.2, 0) is 14.8 Å². The molecule has 162 valence electrons. The zero-order chi connectivity index (χ0) is 21.0. The molecule has 2 saturated heterocycles. The Morgan fingerprint density at radius 1 is 1.21 bits per heavy atom. The topological polar surface area (TPSA) is 69.7 Å². The lowest BCUT2D eigenvalue weighted by molar-refractivity contribution is -0.134. The highest BCUT2D eigenvalue weighted by Crippen LogP contribution is 2.22. The second-order valence-corrected chi connectivity index (χ2v) is 10.2. The minimum atomic E-state index is -4.10. The van der Waals surface area contributed by atoms with Crippen LogP contribution in [0, 0.1) is 17.7 Å². The normalized spacial score (nSPS) is 23.1. The molecule has 1 aromatic carbocycles. The van der Waals surface area contributed by atoms with Crippen molar-refractivity contribution in [1.82, 2.24) is 14.5 Å². The van der Waals surface area contributed by atoms with E-state index in [-0.39, 0.29) is 5.91 Å². The van der Waals surface area contributed by atoms with E-state index in [1.807, 2.05) is 0 Å². The molecule has 29 heavy (non-hydrogen) atoms. The first kappa shape index (κ1) is 22.2. The van der Waals surface area contributed by atoms with Gasteiger partial charge in [-0.25, -0.2) is 12.8 Å². The molecule has 6 nitrogen and oxygen atoms in total. The molecule has 2 aliphatic rings. The minimum absolute atomic E-state index is 0.248. The molecule has 1 unspecified atom stereocenters. The van der Waals surface area contributed by atoms with E-state index in [2.05, 4.69) is 16.5 Å². The van der Waals surface area contributed by atoms with Crippen molar-refractivity contribution < 1.29 is 17.6 Å². The fourth-order valence-corrected chi connectivity index (χ4v) is 5.58. The maximum Gasteiger partial charge on any atom is 0.244 e. The smallest absolute Gasteiger partial charge is 0.244 e. The zero-order valence-corrected chi connectivity index (χ0v) is 18.1. The Hall–Kier alpha value is -1.51. The number of nitrogens with zero attached hydrogens (tertiary/aromatic N) is 2. The number of hydrogen-bond acceptors (Lipinski definition) is 4. The van der Waals surface area contributed by atoms with Crippen molar-refractivity contribution in [2.45, 2.75) is 50.5 Å². The monoisotopic (exact) mass is 425 g/mol. The summed E-state index contributed by atoms with van der Waals surface area (Å²) in [4.78, 5) is 16.7. The zero-order valence-electron chi connectivity index (χ0n) is 17.3. The maximum absolute atomic E-state index is 13.9. The van der Waals surface area contributed by atoms with Crippen molar-refractivity contribution in [2.24, 2.45) is 11.8 Å². The molecule has 0 aliphatic carbocycles. The van der Waals surface area contributed by atoms with Crippen LogP contribution in [-0.4, -0.2) is 62.9 Å². The van der Waals surface area contributed by atoms with E-state index in [1.54, 1.807) is 4.90 Å². The third-order valence-corrected chi connectivity index (χ3v) is 7.63. The van der Waals surface area contributed by atoms with Crippen molar-refractivity contribution in [3.63, 3.8) is 0 Å². The predicted octanol–water partition coefficient (Wildman–Crippen LogP) is 2.46. The van der Waals surface area contributed by atoms with Gasteiger partial charge in [-0.3, -0.25) is 4.79 Å². The molecule has 1 aromatic rings. The number of amides is 1. The second-order valence-electron chi connectivity index (χ2n) is 8.55. The highest BCUT2D eigenvalue weighted by molar-refractivity contribution is 7.89. The number of piperidine rings is 2. The molecular weight excluding hydrogens is 393 g/mol. The fraction of sp³-hybridized carbons (Fsp3) is 0.667. The van der Waals surface area contributed by atoms with Gasteiger partial charge in [-0.05, 0) is 69.7 Å². The van der Waals surface area contributed by atoms with Gasteiger partial charge in [0.25, 0.3) is 0 Å². The van der Waals surface area contributed by atoms with Crippen molar-refractivity contribution in [1.29, 1.82) is 0 Å². The Labute approximate surface area is 173 Å². The molecule has 2 fully saturated rings. The molecule has 0 saturated carbocycles. The number of hydrogen-bond donors (Lipinski definition) is 1. The lowest BCUT2D eigenvalue weighted by Crippen LogP contribution is -2.51. The van der Waals surface area contributed by atoms with E-state index in [4.69, 9.17) is 0 Å². The Bertz CT molecular complexity index is 809. The van der Waals surface area contributed by atoms with Gasteiger partial charge >= 0.3 is 0 Å². The largest absolute Gasteiger partial charge is 0.341 e. The van der Waals surface area contributed by atoms with Gasteiger partial charge in [-0.15, -0.1) is 0 Å². The molecule has 0 aromatic heterocycles. The fourth-order valence-electron chi connectivity index (χ4n) is 4.31. The van der Waals surface area contributed by atoms with Crippen LogP contribution in [0.2, 0.25) is 0 Å². The first-order valence-electron chi connectivity index (χ1n) is 10.5. The van der Waals surface area contributed by atoms with E-state index >= 15 is 0 Å². The molecule has 3 rings (SSSR count). The number of sulfonamides is 1. The van der Waals surface area contributed by atoms with Crippen molar-refractivity contribution in [3.05, 3.63) is 30.1 Å². The summed E-state index contributed by atoms with van der Waals surface area (Å²) in [7, 11) is -4.10. The molecule has 1 N–H and O–H groups in total. The van der Waals surface area contributed by atoms with Crippen LogP contribution < -0.4 is 4.72 Å². The molecule has 8 heteroatoms. The summed E-state index contributed by atoms with van der Waals surface area (Å²) in [6.07, 6.45) is 4.47. The van der Waals surface area contributed by atoms with Crippen LogP contribution >= 0.6 is 0 Å². The highest BCUT2D eigenvalue weighted by Gasteiger charge is 2.31. The number of benzene rings is 1. The Morgan fingerprint density at radius 3 is 2.59 bits per heavy atom. The van der Waals surface area contributed by atoms with E-state index in [9.17, 15) is 17.6 Å². The van der Waals surface area contributed by atoms with Gasteiger partial charge in [0.05, 0.1) is 6.04 Å². The average molecular weight is 426 g/mol. The van der Waals surface area contributed by atoms with E-state index in [1.165, 1.54) is 38.0 Å². The number of rotatable bonds is 6. The first-order chi connectivity index (χ1) is 13.8. The molecule has 2 aliphatic heterocycles. The van der Waals surface area contributed by atoms with Gasteiger partial charge < -0.3 is 9.80 Å². The molecule has 2 atom stereocenters. The lowest BCUT2D eigenvalue weighted by atomic mass is 9.94. The molecule has 0 bridgehead atoms. The summed E-state index contributed by atoms with van der Waals surface area (Å²) >= 11 is 0. The number of halogens is 1. The van der Waals surface area contributed by atoms with Gasteiger partial charge in [-0.2, -0.15) is 4.72 Å². The number of carbonyl (C=O) groups excluding carboxylic acids is 1. The first-order valence-corrected chi connectivity index (χ1v) is 12.0. The van der Waals surface area contributed by atoms with Crippen molar-refractivity contribution in [3.8, 4) is 0 Å². The highest BCUT2D eigenvalue weighted by atomic mass is 32.2. The third kappa shape index (κ3) is 5.77. The quantitative estimate of drug-likeness (QED) is 0.760. The summed E-state index contributed by atoms with van der Waals surface area (Å²) in [5, 5.41) is 0. The summed E-state index contributed by atoms with van der Waals surface area (Å²) in [6, 6.07) is 4.25. The van der Waals surface area contributed by atoms with Crippen LogP contribution in [0.1, 0.15) is 39.5 Å². The Kier molecular flexibility index (Phi) is 7.29. The van der Waals surface area contributed by atoms with Crippen LogP contribution in [0.3, 0.4) is 0 Å². The molecular formula is C21H32FN3O3S. The van der Waals surface area contributed by atoms with E-state index in [0.29, 0.717) is 19.0 Å². The standard InChI is InChI=1S/C21H32FN3O3S/c1-16-9-12-24(13-10-16)14-18-6-5-11-25(15-18)21(26)17(2)23-29(27,28)20-8-4-3-7-19(20)22/h3-4,7-8,16-18,23H,5-6,9-15H2,1-2H3/t17-,18?/m0/s1. The number of carbonyl (C=O) groups is 1. The molecule has 1 amide bonds. The average Bonchev–Trinajstić information content (AvgIpc) is 2.69. The number of nitrogens with one attached hydrogen (secondary N) is 1. The van der Waals surface area contributed by atoms with Gasteiger partial charge in [0.2, 0.25) is 15.9 Å². The minimum Gasteiger partial charge on any atom is -0.341 e. The molecule has 2 heterocycles. The number of likely N-dealkylation sites (tertiary alicyclic amines) is 2. The Morgan fingerprint density at radius 2 is 1.90 bits per heavy atom. The molecule has 0 spiro atoms.